The van der Waals surface area contributed by atoms with Gasteiger partial charge < -0.3 is 9.47 Å². The van der Waals surface area contributed by atoms with Gasteiger partial charge in [-0.15, -0.1) is 0 Å². The van der Waals surface area contributed by atoms with Gasteiger partial charge in [0, 0.05) is 43.2 Å². The summed E-state index contributed by atoms with van der Waals surface area (Å²) in [6.07, 6.45) is 3.85. The van der Waals surface area contributed by atoms with Crippen LogP contribution < -0.4 is 0 Å². The van der Waals surface area contributed by atoms with Crippen molar-refractivity contribution in [3.63, 3.8) is 0 Å². The van der Waals surface area contributed by atoms with E-state index in [1.54, 1.807) is 0 Å². The molecule has 0 bridgehead atoms. The zero-order valence-electron chi connectivity index (χ0n) is 13.2. The fourth-order valence-electron chi connectivity index (χ4n) is 3.36. The summed E-state index contributed by atoms with van der Waals surface area (Å²) in [5.41, 5.74) is 4.01. The van der Waals surface area contributed by atoms with Crippen molar-refractivity contribution in [2.75, 3.05) is 6.54 Å². The number of aromatic nitrogens is 1. The maximum absolute atomic E-state index is 12.0. The maximum atomic E-state index is 12.0. The van der Waals surface area contributed by atoms with Gasteiger partial charge in [0.1, 0.15) is 0 Å². The van der Waals surface area contributed by atoms with Gasteiger partial charge in [0.25, 0.3) is 0 Å². The standard InChI is InChI=1S/C18H24N2O/c1-4-17(21)19-9-8-15-12-20(10-13(2)3)16-7-5-6-14(11-19)18(15)16/h5-7,12-13H,4,8-11H2,1-3H3. The van der Waals surface area contributed by atoms with Gasteiger partial charge in [0.2, 0.25) is 5.91 Å². The van der Waals surface area contributed by atoms with Crippen molar-refractivity contribution < 1.29 is 4.79 Å². The highest BCUT2D eigenvalue weighted by atomic mass is 16.2. The second-order valence-corrected chi connectivity index (χ2v) is 6.43. The SMILES string of the molecule is CCC(=O)N1CCc2cn(CC(C)C)c3cccc(c23)C1. The van der Waals surface area contributed by atoms with E-state index in [1.807, 2.05) is 11.8 Å². The second-order valence-electron chi connectivity index (χ2n) is 6.43. The molecule has 0 spiro atoms. The second kappa shape index (κ2) is 5.55. The van der Waals surface area contributed by atoms with Crippen LogP contribution in [0.5, 0.6) is 0 Å². The van der Waals surface area contributed by atoms with Crippen molar-refractivity contribution in [2.24, 2.45) is 5.92 Å². The first-order valence-corrected chi connectivity index (χ1v) is 7.97. The molecule has 2 aromatic rings. The smallest absolute Gasteiger partial charge is 0.222 e. The average molecular weight is 284 g/mol. The van der Waals surface area contributed by atoms with Gasteiger partial charge in [-0.05, 0) is 29.5 Å². The van der Waals surface area contributed by atoms with Crippen LogP contribution in [-0.2, 0) is 24.3 Å². The Morgan fingerprint density at radius 2 is 2.10 bits per heavy atom. The number of hydrogen-bond donors (Lipinski definition) is 0. The molecule has 3 rings (SSSR count). The summed E-state index contributed by atoms with van der Waals surface area (Å²) in [6, 6.07) is 6.51. The summed E-state index contributed by atoms with van der Waals surface area (Å²) in [7, 11) is 0. The molecule has 0 fully saturated rings. The fraction of sp³-hybridized carbons (Fsp3) is 0.500. The molecule has 0 N–H and O–H groups in total. The molecule has 3 heteroatoms. The Hall–Kier alpha value is -1.77. The molecule has 1 aliphatic rings. The maximum Gasteiger partial charge on any atom is 0.222 e. The zero-order valence-corrected chi connectivity index (χ0v) is 13.2. The van der Waals surface area contributed by atoms with E-state index in [-0.39, 0.29) is 5.91 Å². The van der Waals surface area contributed by atoms with Crippen LogP contribution in [0.25, 0.3) is 10.9 Å². The molecule has 112 valence electrons. The Morgan fingerprint density at radius 3 is 2.81 bits per heavy atom. The van der Waals surface area contributed by atoms with Gasteiger partial charge in [-0.2, -0.15) is 0 Å². The lowest BCUT2D eigenvalue weighted by Gasteiger charge is -2.20. The first kappa shape index (κ1) is 14.2. The van der Waals surface area contributed by atoms with E-state index in [0.29, 0.717) is 12.3 Å². The number of benzene rings is 1. The number of carbonyl (C=O) groups is 1. The molecular formula is C18H24N2O. The molecule has 0 radical (unpaired) electrons. The predicted molar refractivity (Wildman–Crippen MR) is 86.2 cm³/mol. The van der Waals surface area contributed by atoms with Crippen LogP contribution in [0.4, 0.5) is 0 Å². The Labute approximate surface area is 126 Å². The monoisotopic (exact) mass is 284 g/mol. The Balaban J connectivity index is 2.05. The topological polar surface area (TPSA) is 25.2 Å². The van der Waals surface area contributed by atoms with E-state index >= 15 is 0 Å². The molecule has 1 amide bonds. The van der Waals surface area contributed by atoms with Crippen molar-refractivity contribution >= 4 is 16.8 Å². The average Bonchev–Trinajstić information content (AvgIpc) is 2.69. The minimum absolute atomic E-state index is 0.257. The van der Waals surface area contributed by atoms with Gasteiger partial charge in [-0.3, -0.25) is 4.79 Å². The van der Waals surface area contributed by atoms with E-state index in [2.05, 4.69) is 42.8 Å². The third kappa shape index (κ3) is 2.57. The molecule has 1 aliphatic heterocycles. The third-order valence-corrected chi connectivity index (χ3v) is 4.30. The van der Waals surface area contributed by atoms with Crippen molar-refractivity contribution in [1.29, 1.82) is 0 Å². The van der Waals surface area contributed by atoms with Crippen LogP contribution in [0, 0.1) is 5.92 Å². The number of hydrogen-bond acceptors (Lipinski definition) is 1. The molecule has 0 atom stereocenters. The Morgan fingerprint density at radius 1 is 1.29 bits per heavy atom. The first-order valence-electron chi connectivity index (χ1n) is 7.97. The van der Waals surface area contributed by atoms with Gasteiger partial charge in [0.15, 0.2) is 0 Å². The first-order chi connectivity index (χ1) is 10.1. The molecule has 0 saturated heterocycles. The summed E-state index contributed by atoms with van der Waals surface area (Å²) in [5.74, 6) is 0.894. The summed E-state index contributed by atoms with van der Waals surface area (Å²) in [5, 5.41) is 1.38. The molecule has 0 aliphatic carbocycles. The quantitative estimate of drug-likeness (QED) is 0.845. The van der Waals surface area contributed by atoms with Crippen molar-refractivity contribution in [1.82, 2.24) is 9.47 Å². The van der Waals surface area contributed by atoms with Crippen molar-refractivity contribution in [3.8, 4) is 0 Å². The molecule has 1 aromatic heterocycles. The number of carbonyl (C=O) groups excluding carboxylic acids is 1. The van der Waals surface area contributed by atoms with E-state index in [4.69, 9.17) is 0 Å². The Kier molecular flexibility index (Phi) is 3.75. The summed E-state index contributed by atoms with van der Waals surface area (Å²) >= 11 is 0. The fourth-order valence-corrected chi connectivity index (χ4v) is 3.36. The molecule has 3 nitrogen and oxygen atoms in total. The lowest BCUT2D eigenvalue weighted by Crippen LogP contribution is -2.30. The van der Waals surface area contributed by atoms with Crippen molar-refractivity contribution in [3.05, 3.63) is 35.5 Å². The van der Waals surface area contributed by atoms with Crippen LogP contribution >= 0.6 is 0 Å². The molecule has 0 saturated carbocycles. The van der Waals surface area contributed by atoms with Crippen LogP contribution in [0.3, 0.4) is 0 Å². The van der Waals surface area contributed by atoms with Gasteiger partial charge in [-0.1, -0.05) is 32.9 Å². The molecule has 2 heterocycles. The third-order valence-electron chi connectivity index (χ3n) is 4.30. The highest BCUT2D eigenvalue weighted by Crippen LogP contribution is 2.30. The highest BCUT2D eigenvalue weighted by Gasteiger charge is 2.21. The van der Waals surface area contributed by atoms with Gasteiger partial charge in [-0.25, -0.2) is 0 Å². The largest absolute Gasteiger partial charge is 0.347 e. The van der Waals surface area contributed by atoms with Crippen LogP contribution in [0.15, 0.2) is 24.4 Å². The molecule has 1 aromatic carbocycles. The van der Waals surface area contributed by atoms with E-state index in [9.17, 15) is 4.79 Å². The minimum Gasteiger partial charge on any atom is -0.347 e. The lowest BCUT2D eigenvalue weighted by molar-refractivity contribution is -0.131. The Bertz CT molecular complexity index is 669. The number of rotatable bonds is 3. The zero-order chi connectivity index (χ0) is 15.0. The minimum atomic E-state index is 0.257. The highest BCUT2D eigenvalue weighted by molar-refractivity contribution is 5.88. The number of nitrogens with zero attached hydrogens (tertiary/aromatic N) is 2. The van der Waals surface area contributed by atoms with E-state index in [1.165, 1.54) is 22.0 Å². The molecular weight excluding hydrogens is 260 g/mol. The summed E-state index contributed by atoms with van der Waals surface area (Å²) < 4.78 is 2.39. The normalized spacial score (nSPS) is 14.8. The van der Waals surface area contributed by atoms with E-state index < -0.39 is 0 Å². The molecule has 0 unspecified atom stereocenters. The van der Waals surface area contributed by atoms with Crippen molar-refractivity contribution in [2.45, 2.75) is 46.7 Å². The predicted octanol–water partition coefficient (Wildman–Crippen LogP) is 3.59. The van der Waals surface area contributed by atoms with Gasteiger partial charge >= 0.3 is 0 Å². The van der Waals surface area contributed by atoms with Gasteiger partial charge in [0.05, 0.1) is 0 Å². The van der Waals surface area contributed by atoms with E-state index in [0.717, 1.165) is 26.1 Å². The molecule has 21 heavy (non-hydrogen) atoms. The van der Waals surface area contributed by atoms with Crippen LogP contribution in [0.1, 0.15) is 38.3 Å². The summed E-state index contributed by atoms with van der Waals surface area (Å²) in [4.78, 5) is 14.0. The van der Waals surface area contributed by atoms with Crippen LogP contribution in [0.2, 0.25) is 0 Å². The number of amides is 1. The van der Waals surface area contributed by atoms with Crippen LogP contribution in [-0.4, -0.2) is 21.9 Å². The summed E-state index contributed by atoms with van der Waals surface area (Å²) in [6.45, 7) is 9.09. The lowest BCUT2D eigenvalue weighted by atomic mass is 10.1.